The van der Waals surface area contributed by atoms with Crippen molar-refractivity contribution in [2.75, 3.05) is 36.0 Å². The predicted molar refractivity (Wildman–Crippen MR) is 94.0 cm³/mol. The highest BCUT2D eigenvalue weighted by atomic mass is 32.1. The molecule has 4 heterocycles. The lowest BCUT2D eigenvalue weighted by Crippen LogP contribution is -2.47. The first kappa shape index (κ1) is 14.1. The molecule has 6 heteroatoms. The van der Waals surface area contributed by atoms with Gasteiger partial charge in [0.2, 0.25) is 0 Å². The minimum absolute atomic E-state index is 0.930. The van der Waals surface area contributed by atoms with Crippen molar-refractivity contribution in [3.63, 3.8) is 0 Å². The molecule has 0 spiro atoms. The third-order valence-electron chi connectivity index (χ3n) is 3.97. The Hall–Kier alpha value is -2.47. The molecule has 116 valence electrons. The van der Waals surface area contributed by atoms with Gasteiger partial charge in [-0.2, -0.15) is 0 Å². The van der Waals surface area contributed by atoms with Crippen LogP contribution in [0.4, 0.5) is 11.6 Å². The lowest BCUT2D eigenvalue weighted by atomic mass is 10.3. The number of hydrogen-bond donors (Lipinski definition) is 0. The van der Waals surface area contributed by atoms with E-state index in [0.29, 0.717) is 0 Å². The van der Waals surface area contributed by atoms with Crippen molar-refractivity contribution in [2.24, 2.45) is 0 Å². The number of pyridine rings is 1. The van der Waals surface area contributed by atoms with Crippen LogP contribution in [0.25, 0.3) is 10.6 Å². The lowest BCUT2D eigenvalue weighted by molar-refractivity contribution is 0.641. The van der Waals surface area contributed by atoms with Crippen molar-refractivity contribution < 1.29 is 0 Å². The zero-order valence-corrected chi connectivity index (χ0v) is 13.5. The molecule has 1 saturated heterocycles. The maximum atomic E-state index is 4.78. The molecule has 0 aliphatic carbocycles. The second kappa shape index (κ2) is 6.34. The average Bonchev–Trinajstić information content (AvgIpc) is 3.18. The van der Waals surface area contributed by atoms with Gasteiger partial charge < -0.3 is 9.80 Å². The molecule has 23 heavy (non-hydrogen) atoms. The molecule has 0 amide bonds. The molecule has 0 bridgehead atoms. The summed E-state index contributed by atoms with van der Waals surface area (Å²) in [5.74, 6) is 2.00. The van der Waals surface area contributed by atoms with Gasteiger partial charge in [0.25, 0.3) is 0 Å². The minimum Gasteiger partial charge on any atom is -0.353 e. The zero-order chi connectivity index (χ0) is 15.5. The molecule has 1 aliphatic heterocycles. The molecule has 1 aliphatic rings. The Bertz CT molecular complexity index is 752. The third-order valence-corrected chi connectivity index (χ3v) is 4.86. The van der Waals surface area contributed by atoms with E-state index < -0.39 is 0 Å². The van der Waals surface area contributed by atoms with Crippen LogP contribution in [-0.4, -0.2) is 41.1 Å². The third kappa shape index (κ3) is 3.03. The molecule has 0 radical (unpaired) electrons. The summed E-state index contributed by atoms with van der Waals surface area (Å²) in [7, 11) is 0. The van der Waals surface area contributed by atoms with Crippen LogP contribution < -0.4 is 9.80 Å². The zero-order valence-electron chi connectivity index (χ0n) is 12.7. The van der Waals surface area contributed by atoms with Gasteiger partial charge in [0.15, 0.2) is 0 Å². The molecule has 3 aromatic heterocycles. The predicted octanol–water partition coefficient (Wildman–Crippen LogP) is 2.93. The van der Waals surface area contributed by atoms with Gasteiger partial charge in [-0.1, -0.05) is 12.1 Å². The molecule has 0 unspecified atom stereocenters. The van der Waals surface area contributed by atoms with Crippen molar-refractivity contribution >= 4 is 23.0 Å². The van der Waals surface area contributed by atoms with Crippen molar-refractivity contribution in [1.29, 1.82) is 0 Å². The van der Waals surface area contributed by atoms with Gasteiger partial charge in [0, 0.05) is 32.4 Å². The fourth-order valence-electron chi connectivity index (χ4n) is 2.76. The number of thiophene rings is 1. The van der Waals surface area contributed by atoms with E-state index in [1.807, 2.05) is 36.8 Å². The van der Waals surface area contributed by atoms with Gasteiger partial charge >= 0.3 is 0 Å². The molecular weight excluding hydrogens is 306 g/mol. The van der Waals surface area contributed by atoms with Gasteiger partial charge in [-0.25, -0.2) is 9.97 Å². The molecule has 1 fully saturated rings. The minimum atomic E-state index is 0.930. The SMILES string of the molecule is c1ccc(N2CCN(c3cncc(-c4cccs4)n3)CC2)nc1. The van der Waals surface area contributed by atoms with Gasteiger partial charge in [-0.3, -0.25) is 4.98 Å². The summed E-state index contributed by atoms with van der Waals surface area (Å²) in [5, 5.41) is 2.06. The molecule has 4 rings (SSSR count). The molecule has 5 nitrogen and oxygen atoms in total. The van der Waals surface area contributed by atoms with Crippen LogP contribution in [-0.2, 0) is 0 Å². The Morgan fingerprint density at radius 2 is 1.70 bits per heavy atom. The van der Waals surface area contributed by atoms with E-state index in [1.54, 1.807) is 11.3 Å². The summed E-state index contributed by atoms with van der Waals surface area (Å²) in [6.07, 6.45) is 5.53. The number of hydrogen-bond acceptors (Lipinski definition) is 6. The fraction of sp³-hybridized carbons (Fsp3) is 0.235. The van der Waals surface area contributed by atoms with Crippen molar-refractivity contribution in [3.05, 3.63) is 54.3 Å². The number of anilines is 2. The van der Waals surface area contributed by atoms with Crippen LogP contribution in [0.3, 0.4) is 0 Å². The summed E-state index contributed by atoms with van der Waals surface area (Å²) in [5.41, 5.74) is 0.949. The summed E-state index contributed by atoms with van der Waals surface area (Å²) in [6, 6.07) is 10.2. The monoisotopic (exact) mass is 323 g/mol. The van der Waals surface area contributed by atoms with Crippen molar-refractivity contribution in [2.45, 2.75) is 0 Å². The standard InChI is InChI=1S/C17H17N5S/c1-2-6-19-16(5-1)21-7-9-22(10-8-21)17-13-18-12-14(20-17)15-4-3-11-23-15/h1-6,11-13H,7-10H2. The normalized spacial score (nSPS) is 15.0. The van der Waals surface area contributed by atoms with E-state index in [1.165, 1.54) is 0 Å². The Morgan fingerprint density at radius 3 is 2.39 bits per heavy atom. The van der Waals surface area contributed by atoms with Crippen LogP contribution in [0.1, 0.15) is 0 Å². The second-order valence-corrected chi connectivity index (χ2v) is 6.35. The first-order valence-corrected chi connectivity index (χ1v) is 8.55. The fourth-order valence-corrected chi connectivity index (χ4v) is 3.44. The first-order valence-electron chi connectivity index (χ1n) is 7.67. The molecular formula is C17H17N5S. The van der Waals surface area contributed by atoms with E-state index in [2.05, 4.69) is 37.3 Å². The second-order valence-electron chi connectivity index (χ2n) is 5.40. The molecule has 0 atom stereocenters. The summed E-state index contributed by atoms with van der Waals surface area (Å²) < 4.78 is 0. The highest BCUT2D eigenvalue weighted by molar-refractivity contribution is 7.13. The topological polar surface area (TPSA) is 45.2 Å². The number of nitrogens with zero attached hydrogens (tertiary/aromatic N) is 5. The van der Waals surface area contributed by atoms with Crippen LogP contribution in [0.5, 0.6) is 0 Å². The highest BCUT2D eigenvalue weighted by Gasteiger charge is 2.19. The summed E-state index contributed by atoms with van der Waals surface area (Å²) in [6.45, 7) is 3.75. The van der Waals surface area contributed by atoms with E-state index in [0.717, 1.165) is 48.4 Å². The van der Waals surface area contributed by atoms with E-state index in [4.69, 9.17) is 4.98 Å². The Balaban J connectivity index is 1.47. The maximum absolute atomic E-state index is 4.78. The Morgan fingerprint density at radius 1 is 0.870 bits per heavy atom. The molecule has 3 aromatic rings. The quantitative estimate of drug-likeness (QED) is 0.741. The van der Waals surface area contributed by atoms with Crippen molar-refractivity contribution in [1.82, 2.24) is 15.0 Å². The van der Waals surface area contributed by atoms with Crippen molar-refractivity contribution in [3.8, 4) is 10.6 Å². The van der Waals surface area contributed by atoms with Crippen LogP contribution >= 0.6 is 11.3 Å². The van der Waals surface area contributed by atoms with Crippen LogP contribution in [0, 0.1) is 0 Å². The molecule has 0 N–H and O–H groups in total. The lowest BCUT2D eigenvalue weighted by Gasteiger charge is -2.35. The largest absolute Gasteiger partial charge is 0.353 e. The Labute approximate surface area is 139 Å². The number of aromatic nitrogens is 3. The van der Waals surface area contributed by atoms with E-state index in [9.17, 15) is 0 Å². The van der Waals surface area contributed by atoms with Gasteiger partial charge in [-0.05, 0) is 23.6 Å². The van der Waals surface area contributed by atoms with Gasteiger partial charge in [0.1, 0.15) is 17.3 Å². The van der Waals surface area contributed by atoms with Gasteiger partial charge in [0.05, 0.1) is 17.3 Å². The first-order chi connectivity index (χ1) is 11.4. The van der Waals surface area contributed by atoms with Crippen LogP contribution in [0.2, 0.25) is 0 Å². The summed E-state index contributed by atoms with van der Waals surface area (Å²) >= 11 is 1.69. The smallest absolute Gasteiger partial charge is 0.147 e. The van der Waals surface area contributed by atoms with E-state index in [-0.39, 0.29) is 0 Å². The highest BCUT2D eigenvalue weighted by Crippen LogP contribution is 2.24. The number of piperazine rings is 1. The Kier molecular flexibility index (Phi) is 3.90. The molecule has 0 aromatic carbocycles. The van der Waals surface area contributed by atoms with E-state index >= 15 is 0 Å². The number of rotatable bonds is 3. The molecule has 0 saturated carbocycles. The van der Waals surface area contributed by atoms with Crippen LogP contribution in [0.15, 0.2) is 54.3 Å². The summed E-state index contributed by atoms with van der Waals surface area (Å²) in [4.78, 5) is 19.3. The maximum Gasteiger partial charge on any atom is 0.147 e. The average molecular weight is 323 g/mol. The van der Waals surface area contributed by atoms with Gasteiger partial charge in [-0.15, -0.1) is 11.3 Å².